The van der Waals surface area contributed by atoms with Gasteiger partial charge < -0.3 is 11.1 Å². The first kappa shape index (κ1) is 18.8. The Morgan fingerprint density at radius 1 is 1.36 bits per heavy atom. The van der Waals surface area contributed by atoms with Gasteiger partial charge in [0.05, 0.1) is 0 Å². The van der Waals surface area contributed by atoms with Gasteiger partial charge in [-0.25, -0.2) is 10.0 Å². The molecule has 1 fully saturated rings. The fourth-order valence-electron chi connectivity index (χ4n) is 2.96. The molecule has 0 spiro atoms. The van der Waals surface area contributed by atoms with Crippen LogP contribution in [0.15, 0.2) is 35.5 Å². The second-order valence-electron chi connectivity index (χ2n) is 6.17. The van der Waals surface area contributed by atoms with E-state index in [1.54, 1.807) is 0 Å². The molecular weight excluding hydrogens is 272 g/mol. The summed E-state index contributed by atoms with van der Waals surface area (Å²) in [6.45, 7) is 8.95. The number of nitrogens with one attached hydrogen (secondary N) is 1. The molecule has 4 nitrogen and oxygen atoms in total. The summed E-state index contributed by atoms with van der Waals surface area (Å²) in [5, 5.41) is 12.2. The highest BCUT2D eigenvalue weighted by atomic mass is 15.6. The minimum Gasteiger partial charge on any atom is -0.330 e. The van der Waals surface area contributed by atoms with Crippen molar-refractivity contribution in [1.82, 2.24) is 10.0 Å². The highest BCUT2D eigenvalue weighted by molar-refractivity contribution is 5.77. The van der Waals surface area contributed by atoms with Gasteiger partial charge in [0.2, 0.25) is 0 Å². The average molecular weight is 304 g/mol. The SMILES string of the molecule is C=C/C(=C\C(C)=C(\C=N)CCCN)C1CCN(N(C)C)CC1. The molecule has 1 saturated heterocycles. The summed E-state index contributed by atoms with van der Waals surface area (Å²) in [7, 11) is 4.20. The molecule has 0 aromatic rings. The molecule has 0 radical (unpaired) electrons. The van der Waals surface area contributed by atoms with E-state index in [1.165, 1.54) is 17.4 Å². The Kier molecular flexibility index (Phi) is 8.31. The molecular formula is C18H32N4. The number of hydrogen-bond donors (Lipinski definition) is 2. The molecule has 1 aliphatic rings. The number of hydrogen-bond acceptors (Lipinski definition) is 4. The van der Waals surface area contributed by atoms with Crippen molar-refractivity contribution in [2.45, 2.75) is 32.6 Å². The van der Waals surface area contributed by atoms with Crippen molar-refractivity contribution in [1.29, 1.82) is 5.41 Å². The quantitative estimate of drug-likeness (QED) is 0.535. The van der Waals surface area contributed by atoms with Gasteiger partial charge in [-0.1, -0.05) is 18.7 Å². The summed E-state index contributed by atoms with van der Waals surface area (Å²) >= 11 is 0. The number of rotatable bonds is 8. The second-order valence-corrected chi connectivity index (χ2v) is 6.17. The second kappa shape index (κ2) is 9.72. The number of piperidine rings is 1. The van der Waals surface area contributed by atoms with Crippen LogP contribution in [0.4, 0.5) is 0 Å². The van der Waals surface area contributed by atoms with Crippen molar-refractivity contribution in [2.75, 3.05) is 33.7 Å². The molecule has 0 aliphatic carbocycles. The van der Waals surface area contributed by atoms with Crippen LogP contribution in [0.3, 0.4) is 0 Å². The van der Waals surface area contributed by atoms with Crippen LogP contribution in [0.25, 0.3) is 0 Å². The lowest BCUT2D eigenvalue weighted by molar-refractivity contribution is -0.00180. The minimum absolute atomic E-state index is 0.574. The van der Waals surface area contributed by atoms with E-state index >= 15 is 0 Å². The average Bonchev–Trinajstić information content (AvgIpc) is 2.53. The zero-order chi connectivity index (χ0) is 16.5. The first-order chi connectivity index (χ1) is 10.5. The van der Waals surface area contributed by atoms with Crippen molar-refractivity contribution >= 4 is 6.21 Å². The van der Waals surface area contributed by atoms with Gasteiger partial charge in [0.15, 0.2) is 0 Å². The predicted octanol–water partition coefficient (Wildman–Crippen LogP) is 2.99. The van der Waals surface area contributed by atoms with E-state index in [4.69, 9.17) is 11.1 Å². The number of nitrogens with two attached hydrogens (primary N) is 1. The van der Waals surface area contributed by atoms with Crippen molar-refractivity contribution in [3.05, 3.63) is 35.5 Å². The molecule has 4 heteroatoms. The first-order valence-corrected chi connectivity index (χ1v) is 8.20. The van der Waals surface area contributed by atoms with Gasteiger partial charge in [-0.3, -0.25) is 0 Å². The fraction of sp³-hybridized carbons (Fsp3) is 0.611. The van der Waals surface area contributed by atoms with Gasteiger partial charge in [-0.2, -0.15) is 0 Å². The summed E-state index contributed by atoms with van der Waals surface area (Å²) < 4.78 is 0. The fourth-order valence-corrected chi connectivity index (χ4v) is 2.96. The van der Waals surface area contributed by atoms with E-state index in [9.17, 15) is 0 Å². The molecule has 0 unspecified atom stereocenters. The van der Waals surface area contributed by atoms with E-state index < -0.39 is 0 Å². The summed E-state index contributed by atoms with van der Waals surface area (Å²) in [6, 6.07) is 0. The molecule has 0 amide bonds. The van der Waals surface area contributed by atoms with Gasteiger partial charge in [-0.05, 0) is 61.8 Å². The monoisotopic (exact) mass is 304 g/mol. The molecule has 1 rings (SSSR count). The van der Waals surface area contributed by atoms with Crippen molar-refractivity contribution in [2.24, 2.45) is 11.7 Å². The number of allylic oxidation sites excluding steroid dienone is 5. The van der Waals surface area contributed by atoms with Crippen molar-refractivity contribution in [3.63, 3.8) is 0 Å². The van der Waals surface area contributed by atoms with Gasteiger partial charge in [0.1, 0.15) is 0 Å². The van der Waals surface area contributed by atoms with Gasteiger partial charge in [-0.15, -0.1) is 0 Å². The van der Waals surface area contributed by atoms with E-state index in [1.807, 2.05) is 6.08 Å². The van der Waals surface area contributed by atoms with Crippen LogP contribution in [0, 0.1) is 11.3 Å². The Labute approximate surface area is 135 Å². The molecule has 1 heterocycles. The lowest BCUT2D eigenvalue weighted by atomic mass is 9.87. The van der Waals surface area contributed by atoms with E-state index in [0.29, 0.717) is 12.5 Å². The molecule has 0 aromatic carbocycles. The van der Waals surface area contributed by atoms with Crippen LogP contribution in [0.5, 0.6) is 0 Å². The molecule has 3 N–H and O–H groups in total. The highest BCUT2D eigenvalue weighted by Crippen LogP contribution is 2.27. The minimum atomic E-state index is 0.574. The van der Waals surface area contributed by atoms with Crippen molar-refractivity contribution < 1.29 is 0 Å². The van der Waals surface area contributed by atoms with Crippen molar-refractivity contribution in [3.8, 4) is 0 Å². The summed E-state index contributed by atoms with van der Waals surface area (Å²) in [5.74, 6) is 0.574. The Morgan fingerprint density at radius 3 is 2.45 bits per heavy atom. The lowest BCUT2D eigenvalue weighted by Gasteiger charge is -2.36. The zero-order valence-corrected chi connectivity index (χ0v) is 14.4. The topological polar surface area (TPSA) is 56.4 Å². The molecule has 124 valence electrons. The van der Waals surface area contributed by atoms with Crippen LogP contribution in [0.1, 0.15) is 32.6 Å². The maximum atomic E-state index is 7.60. The number of nitrogens with zero attached hydrogens (tertiary/aromatic N) is 2. The molecule has 22 heavy (non-hydrogen) atoms. The maximum Gasteiger partial charge on any atom is 0.0212 e. The molecule has 0 saturated carbocycles. The lowest BCUT2D eigenvalue weighted by Crippen LogP contribution is -2.42. The van der Waals surface area contributed by atoms with E-state index in [2.05, 4.69) is 43.7 Å². The third-order valence-corrected chi connectivity index (χ3v) is 4.46. The van der Waals surface area contributed by atoms with Crippen LogP contribution in [-0.4, -0.2) is 50.0 Å². The third kappa shape index (κ3) is 5.52. The molecule has 0 atom stereocenters. The molecule has 1 aliphatic heterocycles. The summed E-state index contributed by atoms with van der Waals surface area (Å²) in [4.78, 5) is 0. The summed E-state index contributed by atoms with van der Waals surface area (Å²) in [6.07, 6.45) is 9.81. The third-order valence-electron chi connectivity index (χ3n) is 4.46. The van der Waals surface area contributed by atoms with E-state index in [-0.39, 0.29) is 0 Å². The van der Waals surface area contributed by atoms with Crippen LogP contribution in [-0.2, 0) is 0 Å². The Morgan fingerprint density at radius 2 is 2.00 bits per heavy atom. The van der Waals surface area contributed by atoms with E-state index in [0.717, 1.165) is 44.3 Å². The largest absolute Gasteiger partial charge is 0.330 e. The molecule has 0 bridgehead atoms. The molecule has 0 aromatic heterocycles. The number of hydrazine groups is 1. The maximum absolute atomic E-state index is 7.60. The van der Waals surface area contributed by atoms with Crippen LogP contribution in [0.2, 0.25) is 0 Å². The zero-order valence-electron chi connectivity index (χ0n) is 14.4. The first-order valence-electron chi connectivity index (χ1n) is 8.20. The standard InChI is InChI=1S/C18H32N4/c1-5-16(13-15(2)18(14-20)7-6-10-19)17-8-11-22(12-9-17)21(3)4/h5,13-14,17,20H,1,6-12,19H2,2-4H3/b16-13+,18-15+,20-14?. The normalized spacial score (nSPS) is 19.2. The predicted molar refractivity (Wildman–Crippen MR) is 96.0 cm³/mol. The Hall–Kier alpha value is -1.23. The van der Waals surface area contributed by atoms with Gasteiger partial charge in [0.25, 0.3) is 0 Å². The van der Waals surface area contributed by atoms with Crippen LogP contribution >= 0.6 is 0 Å². The smallest absolute Gasteiger partial charge is 0.0212 e. The highest BCUT2D eigenvalue weighted by Gasteiger charge is 2.22. The Balaban J connectivity index is 2.80. The van der Waals surface area contributed by atoms with Gasteiger partial charge in [0, 0.05) is 33.4 Å². The summed E-state index contributed by atoms with van der Waals surface area (Å²) in [5.41, 5.74) is 9.14. The van der Waals surface area contributed by atoms with Crippen LogP contribution < -0.4 is 5.73 Å². The Bertz CT molecular complexity index is 426. The van der Waals surface area contributed by atoms with Gasteiger partial charge >= 0.3 is 0 Å².